The fourth-order valence-corrected chi connectivity index (χ4v) is 2.75. The highest BCUT2D eigenvalue weighted by atomic mass is 19.4. The van der Waals surface area contributed by atoms with E-state index >= 15 is 0 Å². The van der Waals surface area contributed by atoms with Crippen LogP contribution in [0.3, 0.4) is 0 Å². The summed E-state index contributed by atoms with van der Waals surface area (Å²) < 4.78 is 37.8. The molecular weight excluding hydrogens is 409 g/mol. The van der Waals surface area contributed by atoms with Gasteiger partial charge in [0.2, 0.25) is 0 Å². The van der Waals surface area contributed by atoms with Gasteiger partial charge in [-0.05, 0) is 43.2 Å². The van der Waals surface area contributed by atoms with Crippen LogP contribution in [-0.4, -0.2) is 43.2 Å². The Balaban J connectivity index is 1.76. The van der Waals surface area contributed by atoms with E-state index < -0.39 is 23.8 Å². The van der Waals surface area contributed by atoms with Crippen molar-refractivity contribution >= 4 is 11.9 Å². The summed E-state index contributed by atoms with van der Waals surface area (Å²) >= 11 is 0. The van der Waals surface area contributed by atoms with Crippen molar-refractivity contribution < 1.29 is 23.1 Å². The number of rotatable bonds is 9. The molecule has 2 rings (SSSR count). The minimum absolute atomic E-state index is 0.156. The molecule has 0 saturated carbocycles. The SMILES string of the molecule is CCNC(=NCCC(O)c1ccccc1)NCCNC(=O)c1ccc(C(F)(F)F)cc1. The third-order valence-corrected chi connectivity index (χ3v) is 4.38. The Morgan fingerprint density at radius 1 is 1.00 bits per heavy atom. The van der Waals surface area contributed by atoms with Crippen LogP contribution in [0.2, 0.25) is 0 Å². The quantitative estimate of drug-likeness (QED) is 0.276. The van der Waals surface area contributed by atoms with Crippen molar-refractivity contribution in [2.45, 2.75) is 25.6 Å². The van der Waals surface area contributed by atoms with Gasteiger partial charge in [0.15, 0.2) is 5.96 Å². The van der Waals surface area contributed by atoms with Crippen molar-refractivity contribution in [2.75, 3.05) is 26.2 Å². The molecule has 0 saturated heterocycles. The van der Waals surface area contributed by atoms with Crippen molar-refractivity contribution in [3.63, 3.8) is 0 Å². The van der Waals surface area contributed by atoms with Crippen LogP contribution >= 0.6 is 0 Å². The van der Waals surface area contributed by atoms with Crippen molar-refractivity contribution in [1.29, 1.82) is 0 Å². The van der Waals surface area contributed by atoms with Crippen LogP contribution in [0.5, 0.6) is 0 Å². The molecule has 2 aromatic rings. The third kappa shape index (κ3) is 8.29. The Hall–Kier alpha value is -3.07. The van der Waals surface area contributed by atoms with Crippen LogP contribution in [0.15, 0.2) is 59.6 Å². The average Bonchev–Trinajstić information content (AvgIpc) is 2.76. The van der Waals surface area contributed by atoms with Gasteiger partial charge < -0.3 is 21.1 Å². The van der Waals surface area contributed by atoms with Gasteiger partial charge in [-0.2, -0.15) is 13.2 Å². The molecule has 0 aliphatic heterocycles. The lowest BCUT2D eigenvalue weighted by Gasteiger charge is -2.13. The highest BCUT2D eigenvalue weighted by molar-refractivity contribution is 5.94. The van der Waals surface area contributed by atoms with E-state index in [1.807, 2.05) is 37.3 Å². The summed E-state index contributed by atoms with van der Waals surface area (Å²) in [5, 5.41) is 19.0. The van der Waals surface area contributed by atoms with Gasteiger partial charge in [-0.1, -0.05) is 30.3 Å². The van der Waals surface area contributed by atoms with Gasteiger partial charge >= 0.3 is 6.18 Å². The molecule has 9 heteroatoms. The van der Waals surface area contributed by atoms with Crippen molar-refractivity contribution in [1.82, 2.24) is 16.0 Å². The second-order valence-corrected chi connectivity index (χ2v) is 6.73. The van der Waals surface area contributed by atoms with Gasteiger partial charge in [0.1, 0.15) is 0 Å². The summed E-state index contributed by atoms with van der Waals surface area (Å²) in [5.41, 5.74) is 0.194. The van der Waals surface area contributed by atoms with E-state index in [0.717, 1.165) is 29.8 Å². The lowest BCUT2D eigenvalue weighted by molar-refractivity contribution is -0.137. The number of nitrogens with one attached hydrogen (secondary N) is 3. The maximum atomic E-state index is 12.6. The Kier molecular flexibility index (Phi) is 9.33. The van der Waals surface area contributed by atoms with Gasteiger partial charge in [-0.25, -0.2) is 0 Å². The topological polar surface area (TPSA) is 85.8 Å². The van der Waals surface area contributed by atoms with Gasteiger partial charge in [0, 0.05) is 31.7 Å². The largest absolute Gasteiger partial charge is 0.416 e. The first-order valence-electron chi connectivity index (χ1n) is 10.0. The standard InChI is InChI=1S/C22H27F3N4O2/c1-2-26-21(28-13-12-19(30)16-6-4-3-5-7-16)29-15-14-27-20(31)17-8-10-18(11-9-17)22(23,24)25/h3-11,19,30H,2,12-15H2,1H3,(H,27,31)(H2,26,28,29). The molecule has 1 unspecified atom stereocenters. The number of carbonyl (C=O) groups is 1. The van der Waals surface area contributed by atoms with Crippen LogP contribution in [0.1, 0.15) is 40.9 Å². The third-order valence-electron chi connectivity index (χ3n) is 4.38. The molecule has 1 amide bonds. The fraction of sp³-hybridized carbons (Fsp3) is 0.364. The van der Waals surface area contributed by atoms with E-state index in [2.05, 4.69) is 20.9 Å². The molecule has 0 fully saturated rings. The predicted octanol–water partition coefficient (Wildman–Crippen LogP) is 3.11. The van der Waals surface area contributed by atoms with Crippen LogP contribution in [0.4, 0.5) is 13.2 Å². The van der Waals surface area contributed by atoms with Gasteiger partial charge in [-0.3, -0.25) is 9.79 Å². The zero-order valence-electron chi connectivity index (χ0n) is 17.2. The number of aliphatic imine (C=N–C) groups is 1. The van der Waals surface area contributed by atoms with E-state index in [0.29, 0.717) is 32.0 Å². The second kappa shape index (κ2) is 11.9. The van der Waals surface area contributed by atoms with Crippen molar-refractivity contribution in [3.8, 4) is 0 Å². The molecule has 1 atom stereocenters. The zero-order chi connectivity index (χ0) is 22.7. The number of alkyl halides is 3. The molecular formula is C22H27F3N4O2. The van der Waals surface area contributed by atoms with Crippen LogP contribution in [-0.2, 0) is 6.18 Å². The molecule has 168 valence electrons. The molecule has 0 bridgehead atoms. The van der Waals surface area contributed by atoms with Crippen LogP contribution < -0.4 is 16.0 Å². The molecule has 0 aromatic heterocycles. The number of carbonyl (C=O) groups excluding carboxylic acids is 1. The molecule has 0 radical (unpaired) electrons. The lowest BCUT2D eigenvalue weighted by atomic mass is 10.1. The van der Waals surface area contributed by atoms with E-state index in [1.165, 1.54) is 0 Å². The number of benzene rings is 2. The molecule has 31 heavy (non-hydrogen) atoms. The lowest BCUT2D eigenvalue weighted by Crippen LogP contribution is -2.41. The summed E-state index contributed by atoms with van der Waals surface area (Å²) in [6.07, 6.45) is -4.57. The molecule has 0 spiro atoms. The molecule has 6 nitrogen and oxygen atoms in total. The highest BCUT2D eigenvalue weighted by Gasteiger charge is 2.30. The minimum Gasteiger partial charge on any atom is -0.388 e. The Morgan fingerprint density at radius 3 is 2.26 bits per heavy atom. The van der Waals surface area contributed by atoms with Gasteiger partial charge in [0.05, 0.1) is 11.7 Å². The zero-order valence-corrected chi connectivity index (χ0v) is 17.2. The molecule has 2 aromatic carbocycles. The number of nitrogens with zero attached hydrogens (tertiary/aromatic N) is 1. The van der Waals surface area contributed by atoms with Crippen LogP contribution in [0.25, 0.3) is 0 Å². The van der Waals surface area contributed by atoms with Gasteiger partial charge in [0.25, 0.3) is 5.91 Å². The first-order valence-corrected chi connectivity index (χ1v) is 10.0. The summed E-state index contributed by atoms with van der Waals surface area (Å²) in [5.74, 6) is 0.0926. The maximum absolute atomic E-state index is 12.6. The first kappa shape index (κ1) is 24.2. The van der Waals surface area contributed by atoms with E-state index in [9.17, 15) is 23.1 Å². The second-order valence-electron chi connectivity index (χ2n) is 6.73. The monoisotopic (exact) mass is 436 g/mol. The normalized spacial score (nSPS) is 12.9. The Bertz CT molecular complexity index is 840. The predicted molar refractivity (Wildman–Crippen MR) is 114 cm³/mol. The number of hydrogen-bond donors (Lipinski definition) is 4. The van der Waals surface area contributed by atoms with Crippen LogP contribution in [0, 0.1) is 0 Å². The van der Waals surface area contributed by atoms with Gasteiger partial charge in [-0.15, -0.1) is 0 Å². The average molecular weight is 436 g/mol. The fourth-order valence-electron chi connectivity index (χ4n) is 2.75. The summed E-state index contributed by atoms with van der Waals surface area (Å²) in [7, 11) is 0. The number of aliphatic hydroxyl groups is 1. The number of guanidine groups is 1. The van der Waals surface area contributed by atoms with Crippen molar-refractivity contribution in [3.05, 3.63) is 71.3 Å². The maximum Gasteiger partial charge on any atom is 0.416 e. The summed E-state index contributed by atoms with van der Waals surface area (Å²) in [6.45, 7) is 3.60. The van der Waals surface area contributed by atoms with E-state index in [4.69, 9.17) is 0 Å². The summed E-state index contributed by atoms with van der Waals surface area (Å²) in [4.78, 5) is 16.5. The molecule has 0 aliphatic carbocycles. The Labute approximate surface area is 179 Å². The molecule has 0 heterocycles. The highest BCUT2D eigenvalue weighted by Crippen LogP contribution is 2.29. The van der Waals surface area contributed by atoms with E-state index in [1.54, 1.807) is 0 Å². The smallest absolute Gasteiger partial charge is 0.388 e. The molecule has 0 aliphatic rings. The Morgan fingerprint density at radius 2 is 1.65 bits per heavy atom. The molecule has 4 N–H and O–H groups in total. The summed E-state index contributed by atoms with van der Waals surface area (Å²) in [6, 6.07) is 13.4. The first-order chi connectivity index (χ1) is 14.8. The number of amides is 1. The minimum atomic E-state index is -4.43. The number of hydrogen-bond acceptors (Lipinski definition) is 3. The van der Waals surface area contributed by atoms with Crippen molar-refractivity contribution in [2.24, 2.45) is 4.99 Å². The van der Waals surface area contributed by atoms with E-state index in [-0.39, 0.29) is 12.1 Å². The number of aliphatic hydroxyl groups excluding tert-OH is 1. The number of halogens is 3.